The molecule has 0 aromatic carbocycles. The summed E-state index contributed by atoms with van der Waals surface area (Å²) >= 11 is 0. The predicted octanol–water partition coefficient (Wildman–Crippen LogP) is 0.128. The summed E-state index contributed by atoms with van der Waals surface area (Å²) in [4.78, 5) is 26.7. The number of aromatic nitrogens is 1. The smallest absolute Gasteiger partial charge is 0.229 e. The molecular weight excluding hydrogens is 220 g/mol. The van der Waals surface area contributed by atoms with Gasteiger partial charge in [-0.05, 0) is 18.6 Å². The first kappa shape index (κ1) is 11.4. The van der Waals surface area contributed by atoms with E-state index in [4.69, 9.17) is 5.73 Å². The topological polar surface area (TPSA) is 97.1 Å². The number of hydrogen-bond acceptors (Lipinski definition) is 4. The molecule has 1 aromatic rings. The van der Waals surface area contributed by atoms with Crippen LogP contribution in [0.5, 0.6) is 0 Å². The van der Waals surface area contributed by atoms with Gasteiger partial charge in [-0.1, -0.05) is 0 Å². The summed E-state index contributed by atoms with van der Waals surface area (Å²) in [7, 11) is 0. The highest BCUT2D eigenvalue weighted by Gasteiger charge is 2.24. The van der Waals surface area contributed by atoms with Gasteiger partial charge >= 0.3 is 0 Å². The molecule has 1 saturated heterocycles. The van der Waals surface area contributed by atoms with Crippen molar-refractivity contribution in [2.45, 2.75) is 12.8 Å². The van der Waals surface area contributed by atoms with Crippen LogP contribution < -0.4 is 16.4 Å². The Bertz CT molecular complexity index is 420. The minimum Gasteiger partial charge on any atom is -0.384 e. The molecule has 0 bridgehead atoms. The van der Waals surface area contributed by atoms with Gasteiger partial charge in [0.15, 0.2) is 0 Å². The highest BCUT2D eigenvalue weighted by molar-refractivity contribution is 5.93. The summed E-state index contributed by atoms with van der Waals surface area (Å²) in [5.41, 5.74) is 6.06. The Kier molecular flexibility index (Phi) is 3.22. The van der Waals surface area contributed by atoms with E-state index in [2.05, 4.69) is 15.6 Å². The fourth-order valence-corrected chi connectivity index (χ4v) is 1.68. The molecule has 1 aliphatic heterocycles. The Morgan fingerprint density at radius 2 is 2.35 bits per heavy atom. The Morgan fingerprint density at radius 1 is 1.53 bits per heavy atom. The van der Waals surface area contributed by atoms with Gasteiger partial charge in [-0.25, -0.2) is 4.98 Å². The number of nitrogen functional groups attached to an aromatic ring is 1. The fraction of sp³-hybridized carbons (Fsp3) is 0.364. The van der Waals surface area contributed by atoms with Crippen LogP contribution in [-0.4, -0.2) is 23.3 Å². The van der Waals surface area contributed by atoms with E-state index < -0.39 is 0 Å². The van der Waals surface area contributed by atoms with Crippen LogP contribution >= 0.6 is 0 Å². The first-order chi connectivity index (χ1) is 8.15. The summed E-state index contributed by atoms with van der Waals surface area (Å²) in [6, 6.07) is 3.32. The molecule has 1 unspecified atom stereocenters. The second-order valence-corrected chi connectivity index (χ2v) is 4.00. The van der Waals surface area contributed by atoms with Crippen LogP contribution in [0.15, 0.2) is 18.3 Å². The third-order valence-corrected chi connectivity index (χ3v) is 2.69. The summed E-state index contributed by atoms with van der Waals surface area (Å²) in [5.74, 6) is 0.137. The Hall–Kier alpha value is -2.11. The first-order valence-corrected chi connectivity index (χ1v) is 5.44. The highest BCUT2D eigenvalue weighted by atomic mass is 16.2. The lowest BCUT2D eigenvalue weighted by Gasteiger charge is -2.21. The number of anilines is 2. The van der Waals surface area contributed by atoms with Crippen molar-refractivity contribution in [3.8, 4) is 0 Å². The zero-order valence-electron chi connectivity index (χ0n) is 9.27. The number of nitrogens with two attached hydrogens (primary N) is 1. The van der Waals surface area contributed by atoms with Crippen molar-refractivity contribution in [2.75, 3.05) is 17.6 Å². The third-order valence-electron chi connectivity index (χ3n) is 2.69. The van der Waals surface area contributed by atoms with E-state index in [1.54, 1.807) is 12.1 Å². The van der Waals surface area contributed by atoms with Gasteiger partial charge in [-0.2, -0.15) is 0 Å². The molecule has 6 nitrogen and oxygen atoms in total. The summed E-state index contributed by atoms with van der Waals surface area (Å²) in [5, 5.41) is 5.42. The molecule has 1 fully saturated rings. The van der Waals surface area contributed by atoms with E-state index in [0.29, 0.717) is 30.9 Å². The van der Waals surface area contributed by atoms with Crippen LogP contribution in [0.25, 0.3) is 0 Å². The molecule has 0 saturated carbocycles. The van der Waals surface area contributed by atoms with Crippen LogP contribution in [0.2, 0.25) is 0 Å². The van der Waals surface area contributed by atoms with E-state index in [1.165, 1.54) is 6.20 Å². The molecule has 17 heavy (non-hydrogen) atoms. The molecule has 0 radical (unpaired) electrons. The van der Waals surface area contributed by atoms with Crippen LogP contribution in [0, 0.1) is 5.92 Å². The van der Waals surface area contributed by atoms with Gasteiger partial charge in [0, 0.05) is 13.0 Å². The maximum absolute atomic E-state index is 11.8. The monoisotopic (exact) mass is 234 g/mol. The average molecular weight is 234 g/mol. The molecule has 90 valence electrons. The first-order valence-electron chi connectivity index (χ1n) is 5.44. The average Bonchev–Trinajstić information content (AvgIpc) is 2.33. The SMILES string of the molecule is Nc1ccc(NC(=O)C2CCC(=O)NC2)cn1. The number of carbonyl (C=O) groups is 2. The van der Waals surface area contributed by atoms with Gasteiger partial charge in [-0.3, -0.25) is 9.59 Å². The molecule has 1 aromatic heterocycles. The number of pyridine rings is 1. The number of carbonyl (C=O) groups excluding carboxylic acids is 2. The van der Waals surface area contributed by atoms with Crippen molar-refractivity contribution in [3.63, 3.8) is 0 Å². The molecule has 4 N–H and O–H groups in total. The summed E-state index contributed by atoms with van der Waals surface area (Å²) in [6.45, 7) is 0.396. The quantitative estimate of drug-likeness (QED) is 0.677. The van der Waals surface area contributed by atoms with Gasteiger partial charge in [0.1, 0.15) is 5.82 Å². The van der Waals surface area contributed by atoms with E-state index >= 15 is 0 Å². The minimum atomic E-state index is -0.176. The van der Waals surface area contributed by atoms with Gasteiger partial charge < -0.3 is 16.4 Å². The van der Waals surface area contributed by atoms with Crippen LogP contribution in [0.1, 0.15) is 12.8 Å². The van der Waals surface area contributed by atoms with E-state index in [-0.39, 0.29) is 17.7 Å². The van der Waals surface area contributed by atoms with E-state index in [9.17, 15) is 9.59 Å². The number of piperidine rings is 1. The van der Waals surface area contributed by atoms with Crippen molar-refractivity contribution < 1.29 is 9.59 Å². The fourth-order valence-electron chi connectivity index (χ4n) is 1.68. The molecule has 0 aliphatic carbocycles. The summed E-state index contributed by atoms with van der Waals surface area (Å²) < 4.78 is 0. The van der Waals surface area contributed by atoms with Gasteiger partial charge in [-0.15, -0.1) is 0 Å². The number of amides is 2. The van der Waals surface area contributed by atoms with Gasteiger partial charge in [0.25, 0.3) is 0 Å². The van der Waals surface area contributed by atoms with Crippen LogP contribution in [-0.2, 0) is 9.59 Å². The van der Waals surface area contributed by atoms with E-state index in [1.807, 2.05) is 0 Å². The number of rotatable bonds is 2. The lowest BCUT2D eigenvalue weighted by atomic mass is 9.98. The van der Waals surface area contributed by atoms with Crippen LogP contribution in [0.3, 0.4) is 0 Å². The Labute approximate surface area is 98.6 Å². The maximum atomic E-state index is 11.8. The second-order valence-electron chi connectivity index (χ2n) is 4.00. The van der Waals surface area contributed by atoms with Crippen molar-refractivity contribution in [1.29, 1.82) is 0 Å². The normalized spacial score (nSPS) is 19.5. The lowest BCUT2D eigenvalue weighted by molar-refractivity contribution is -0.126. The number of nitrogens with one attached hydrogen (secondary N) is 2. The molecule has 6 heteroatoms. The maximum Gasteiger partial charge on any atom is 0.229 e. The highest BCUT2D eigenvalue weighted by Crippen LogP contribution is 2.14. The Morgan fingerprint density at radius 3 is 2.94 bits per heavy atom. The van der Waals surface area contributed by atoms with Crippen LogP contribution in [0.4, 0.5) is 11.5 Å². The predicted molar refractivity (Wildman–Crippen MR) is 63.0 cm³/mol. The zero-order chi connectivity index (χ0) is 12.3. The summed E-state index contributed by atoms with van der Waals surface area (Å²) in [6.07, 6.45) is 2.49. The number of hydrogen-bond donors (Lipinski definition) is 3. The third kappa shape index (κ3) is 2.93. The standard InChI is InChI=1S/C11H14N4O2/c12-9-3-2-8(6-13-9)15-11(17)7-1-4-10(16)14-5-7/h2-3,6-7H,1,4-5H2,(H2,12,13)(H,14,16)(H,15,17). The molecular formula is C11H14N4O2. The van der Waals surface area contributed by atoms with Crippen molar-refractivity contribution in [3.05, 3.63) is 18.3 Å². The molecule has 1 aliphatic rings. The Balaban J connectivity index is 1.92. The molecule has 2 rings (SSSR count). The molecule has 0 spiro atoms. The van der Waals surface area contributed by atoms with Crippen molar-refractivity contribution in [2.24, 2.45) is 5.92 Å². The van der Waals surface area contributed by atoms with Crippen molar-refractivity contribution >= 4 is 23.3 Å². The second kappa shape index (κ2) is 4.82. The number of nitrogens with zero attached hydrogens (tertiary/aromatic N) is 1. The van der Waals surface area contributed by atoms with Gasteiger partial charge in [0.05, 0.1) is 17.8 Å². The van der Waals surface area contributed by atoms with E-state index in [0.717, 1.165) is 0 Å². The largest absolute Gasteiger partial charge is 0.384 e. The minimum absolute atomic E-state index is 0.00296. The molecule has 2 heterocycles. The zero-order valence-corrected chi connectivity index (χ0v) is 9.27. The van der Waals surface area contributed by atoms with Crippen molar-refractivity contribution in [1.82, 2.24) is 10.3 Å². The molecule has 2 amide bonds. The van der Waals surface area contributed by atoms with Gasteiger partial charge in [0.2, 0.25) is 11.8 Å². The lowest BCUT2D eigenvalue weighted by Crippen LogP contribution is -2.40. The molecule has 1 atom stereocenters.